The van der Waals surface area contributed by atoms with E-state index in [0.29, 0.717) is 12.0 Å². The average molecular weight is 535 g/mol. The summed E-state index contributed by atoms with van der Waals surface area (Å²) in [5.74, 6) is -2.01. The van der Waals surface area contributed by atoms with Crippen LogP contribution in [0.15, 0.2) is 59.5 Å². The lowest BCUT2D eigenvalue weighted by Crippen LogP contribution is -2.50. The first kappa shape index (κ1) is 29.9. The summed E-state index contributed by atoms with van der Waals surface area (Å²) in [6.07, 6.45) is 0.0382. The van der Waals surface area contributed by atoms with Crippen LogP contribution in [0.4, 0.5) is 5.69 Å². The van der Waals surface area contributed by atoms with Gasteiger partial charge in [0, 0.05) is 12.6 Å². The highest BCUT2D eigenvalue weighted by molar-refractivity contribution is 7.89. The van der Waals surface area contributed by atoms with Crippen molar-refractivity contribution in [2.75, 3.05) is 6.54 Å². The van der Waals surface area contributed by atoms with Crippen LogP contribution in [0, 0.1) is 16.0 Å². The Kier molecular flexibility index (Phi) is 10.3. The second kappa shape index (κ2) is 12.8. The van der Waals surface area contributed by atoms with Crippen molar-refractivity contribution in [1.29, 1.82) is 0 Å². The number of benzene rings is 2. The molecule has 10 nitrogen and oxygen atoms in total. The van der Waals surface area contributed by atoms with Crippen molar-refractivity contribution < 1.29 is 32.4 Å². The van der Waals surface area contributed by atoms with Crippen molar-refractivity contribution in [3.8, 4) is 0 Å². The second-order valence-corrected chi connectivity index (χ2v) is 11.5. The summed E-state index contributed by atoms with van der Waals surface area (Å²) in [4.78, 5) is 36.1. The maximum absolute atomic E-state index is 13.9. The summed E-state index contributed by atoms with van der Waals surface area (Å²) in [6, 6.07) is 12.4. The molecule has 11 heteroatoms. The summed E-state index contributed by atoms with van der Waals surface area (Å²) < 4.78 is 39.4. The van der Waals surface area contributed by atoms with Crippen molar-refractivity contribution >= 4 is 27.6 Å². The Morgan fingerprint density at radius 1 is 1.05 bits per heavy atom. The second-order valence-electron chi connectivity index (χ2n) is 9.60. The normalized spacial score (nSPS) is 13.6. The van der Waals surface area contributed by atoms with Gasteiger partial charge in [0.05, 0.1) is 11.3 Å². The van der Waals surface area contributed by atoms with Gasteiger partial charge in [-0.25, -0.2) is 8.42 Å². The Hall–Kier alpha value is -3.31. The van der Waals surface area contributed by atoms with E-state index >= 15 is 0 Å². The molecule has 202 valence electrons. The zero-order valence-corrected chi connectivity index (χ0v) is 22.6. The molecule has 0 saturated heterocycles. The number of hydrogen-bond donors (Lipinski definition) is 0. The number of nitro benzene ring substituents is 1. The average Bonchev–Trinajstić information content (AvgIpc) is 2.84. The van der Waals surface area contributed by atoms with Gasteiger partial charge < -0.3 is 9.47 Å². The first-order chi connectivity index (χ1) is 17.3. The van der Waals surface area contributed by atoms with E-state index in [2.05, 4.69) is 0 Å². The third-order valence-corrected chi connectivity index (χ3v) is 7.49. The van der Waals surface area contributed by atoms with E-state index in [4.69, 9.17) is 9.47 Å². The van der Waals surface area contributed by atoms with Gasteiger partial charge in [0.25, 0.3) is 15.7 Å². The smallest absolute Gasteiger partial charge is 0.325 e. The molecule has 0 bridgehead atoms. The molecule has 0 N–H and O–H groups in total. The van der Waals surface area contributed by atoms with Crippen LogP contribution in [0.1, 0.15) is 53.0 Å². The molecule has 0 aromatic heterocycles. The fraction of sp³-hybridized carbons (Fsp3) is 0.462. The molecule has 2 rings (SSSR count). The molecule has 0 fully saturated rings. The largest absolute Gasteiger partial charge is 0.460 e. The molecule has 0 aliphatic carbocycles. The Labute approximate surface area is 217 Å². The molecule has 2 atom stereocenters. The lowest BCUT2D eigenvalue weighted by atomic mass is 9.99. The van der Waals surface area contributed by atoms with E-state index in [1.54, 1.807) is 58.9 Å². The van der Waals surface area contributed by atoms with Gasteiger partial charge in [-0.2, -0.15) is 4.31 Å². The molecule has 0 radical (unpaired) electrons. The molecule has 37 heavy (non-hydrogen) atoms. The predicted octanol–water partition coefficient (Wildman–Crippen LogP) is 4.48. The Bertz CT molecular complexity index is 1190. The van der Waals surface area contributed by atoms with Crippen molar-refractivity contribution in [3.63, 3.8) is 0 Å². The summed E-state index contributed by atoms with van der Waals surface area (Å²) in [5.41, 5.74) is -0.727. The number of esters is 2. The number of ether oxygens (including phenoxy) is 2. The number of carbonyl (C=O) groups excluding carboxylic acids is 2. The van der Waals surface area contributed by atoms with Crippen LogP contribution in [-0.2, 0) is 35.7 Å². The van der Waals surface area contributed by atoms with E-state index in [9.17, 15) is 28.1 Å². The van der Waals surface area contributed by atoms with Crippen LogP contribution < -0.4 is 0 Å². The molecule has 0 amide bonds. The quantitative estimate of drug-likeness (QED) is 0.221. The van der Waals surface area contributed by atoms with Gasteiger partial charge in [-0.1, -0.05) is 62.7 Å². The minimum Gasteiger partial charge on any atom is -0.460 e. The van der Waals surface area contributed by atoms with Crippen molar-refractivity contribution in [2.24, 2.45) is 5.92 Å². The molecule has 0 saturated carbocycles. The minimum absolute atomic E-state index is 0.0853. The Morgan fingerprint density at radius 3 is 2.22 bits per heavy atom. The highest BCUT2D eigenvalue weighted by Gasteiger charge is 2.42. The van der Waals surface area contributed by atoms with Crippen molar-refractivity contribution in [3.05, 3.63) is 70.3 Å². The van der Waals surface area contributed by atoms with E-state index in [1.165, 1.54) is 12.1 Å². The highest BCUT2D eigenvalue weighted by Crippen LogP contribution is 2.31. The van der Waals surface area contributed by atoms with Gasteiger partial charge in [0.1, 0.15) is 18.2 Å². The van der Waals surface area contributed by atoms with Crippen LogP contribution >= 0.6 is 0 Å². The molecule has 0 aliphatic rings. The SMILES string of the molecule is CCC(C)C(C(=O)OCc1ccccc1)N(CCC(=O)OC(C)(C)C)S(=O)(=O)c1ccccc1[N+](=O)[O-]. The van der Waals surface area contributed by atoms with E-state index in [1.807, 2.05) is 6.07 Å². The molecule has 0 spiro atoms. The lowest BCUT2D eigenvalue weighted by molar-refractivity contribution is -0.387. The molecular formula is C26H34N2O8S. The summed E-state index contributed by atoms with van der Waals surface area (Å²) in [6.45, 7) is 7.98. The molecule has 2 unspecified atom stereocenters. The van der Waals surface area contributed by atoms with E-state index < -0.39 is 61.6 Å². The van der Waals surface area contributed by atoms with Crippen LogP contribution in [0.5, 0.6) is 0 Å². The predicted molar refractivity (Wildman–Crippen MR) is 137 cm³/mol. The number of para-hydroxylation sites is 1. The lowest BCUT2D eigenvalue weighted by Gasteiger charge is -2.33. The zero-order chi connectivity index (χ0) is 27.8. The van der Waals surface area contributed by atoms with Crippen molar-refractivity contribution in [2.45, 2.75) is 70.6 Å². The molecule has 2 aromatic carbocycles. The van der Waals surface area contributed by atoms with Gasteiger partial charge in [0.15, 0.2) is 4.90 Å². The number of hydrogen-bond acceptors (Lipinski definition) is 8. The Balaban J connectivity index is 2.51. The van der Waals surface area contributed by atoms with E-state index in [0.717, 1.165) is 16.4 Å². The summed E-state index contributed by atoms with van der Waals surface area (Å²) in [5, 5.41) is 11.6. The topological polar surface area (TPSA) is 133 Å². The Morgan fingerprint density at radius 2 is 1.65 bits per heavy atom. The van der Waals surface area contributed by atoms with Crippen LogP contribution in [0.2, 0.25) is 0 Å². The maximum Gasteiger partial charge on any atom is 0.325 e. The summed E-state index contributed by atoms with van der Waals surface area (Å²) >= 11 is 0. The van der Waals surface area contributed by atoms with Gasteiger partial charge in [0.2, 0.25) is 0 Å². The number of rotatable bonds is 12. The minimum atomic E-state index is -4.62. The molecule has 2 aromatic rings. The fourth-order valence-corrected chi connectivity index (χ4v) is 5.46. The first-order valence-corrected chi connectivity index (χ1v) is 13.4. The number of nitro groups is 1. The maximum atomic E-state index is 13.9. The van der Waals surface area contributed by atoms with Crippen LogP contribution in [-0.4, -0.2) is 47.8 Å². The highest BCUT2D eigenvalue weighted by atomic mass is 32.2. The molecular weight excluding hydrogens is 500 g/mol. The van der Waals surface area contributed by atoms with Gasteiger partial charge in [-0.05, 0) is 38.3 Å². The molecule has 0 heterocycles. The third kappa shape index (κ3) is 8.36. The monoisotopic (exact) mass is 534 g/mol. The van der Waals surface area contributed by atoms with Crippen LogP contribution in [0.3, 0.4) is 0 Å². The fourth-order valence-electron chi connectivity index (χ4n) is 3.63. The number of sulfonamides is 1. The zero-order valence-electron chi connectivity index (χ0n) is 21.7. The molecule has 0 aliphatic heterocycles. The number of carbonyl (C=O) groups is 2. The van der Waals surface area contributed by atoms with Crippen LogP contribution in [0.25, 0.3) is 0 Å². The van der Waals surface area contributed by atoms with Gasteiger partial charge in [-0.15, -0.1) is 0 Å². The number of nitrogens with zero attached hydrogens (tertiary/aromatic N) is 2. The van der Waals surface area contributed by atoms with Gasteiger partial charge >= 0.3 is 11.9 Å². The van der Waals surface area contributed by atoms with Crippen molar-refractivity contribution in [1.82, 2.24) is 4.31 Å². The summed E-state index contributed by atoms with van der Waals surface area (Å²) in [7, 11) is -4.62. The standard InChI is InChI=1S/C26H34N2O8S/c1-6-19(2)24(25(30)35-18-20-12-8-7-9-13-20)27(17-16-23(29)36-26(3,4)5)37(33,34)22-15-11-10-14-21(22)28(31)32/h7-15,19,24H,6,16-18H2,1-5H3. The van der Waals surface area contributed by atoms with E-state index in [-0.39, 0.29) is 13.0 Å². The first-order valence-electron chi connectivity index (χ1n) is 12.0. The van der Waals surface area contributed by atoms with Gasteiger partial charge in [-0.3, -0.25) is 19.7 Å². The third-order valence-electron chi connectivity index (χ3n) is 5.56.